The van der Waals surface area contributed by atoms with Gasteiger partial charge in [-0.15, -0.1) is 0 Å². The van der Waals surface area contributed by atoms with E-state index in [1.165, 1.54) is 29.1 Å². The number of carbonyl (C=O) groups is 1. The first-order chi connectivity index (χ1) is 13.9. The molecule has 0 spiro atoms. The molecule has 0 unspecified atom stereocenters. The summed E-state index contributed by atoms with van der Waals surface area (Å²) in [5, 5.41) is 4.15. The van der Waals surface area contributed by atoms with Gasteiger partial charge in [-0.05, 0) is 23.8 Å². The Labute approximate surface area is 164 Å². The molecule has 9 heteroatoms. The zero-order valence-corrected chi connectivity index (χ0v) is 15.4. The van der Waals surface area contributed by atoms with Gasteiger partial charge in [-0.2, -0.15) is 18.3 Å². The molecule has 1 amide bonds. The van der Waals surface area contributed by atoms with Crippen LogP contribution < -0.4 is 4.90 Å². The van der Waals surface area contributed by atoms with Crippen molar-refractivity contribution in [1.82, 2.24) is 19.5 Å². The van der Waals surface area contributed by atoms with E-state index < -0.39 is 11.7 Å². The molecule has 150 valence electrons. The molecule has 1 saturated heterocycles. The van der Waals surface area contributed by atoms with Crippen molar-refractivity contribution in [3.63, 3.8) is 0 Å². The Hall–Kier alpha value is -3.36. The maximum absolute atomic E-state index is 13.4. The van der Waals surface area contributed by atoms with E-state index in [1.807, 2.05) is 4.90 Å². The fraction of sp³-hybridized carbons (Fsp3) is 0.250. The predicted octanol–water partition coefficient (Wildman–Crippen LogP) is 3.25. The summed E-state index contributed by atoms with van der Waals surface area (Å²) in [7, 11) is 0. The SMILES string of the molecule is C=CC(=O)N1CCN(c2ncnn3cc(-c4ccccc4C(F)(F)F)cc23)CC1. The highest BCUT2D eigenvalue weighted by Gasteiger charge is 2.33. The van der Waals surface area contributed by atoms with Crippen LogP contribution in [-0.4, -0.2) is 51.6 Å². The lowest BCUT2D eigenvalue weighted by atomic mass is 10.0. The molecule has 1 aliphatic rings. The van der Waals surface area contributed by atoms with Crippen LogP contribution in [0.2, 0.25) is 0 Å². The minimum absolute atomic E-state index is 0.0952. The third kappa shape index (κ3) is 3.55. The van der Waals surface area contributed by atoms with E-state index in [0.717, 1.165) is 6.07 Å². The molecule has 0 saturated carbocycles. The van der Waals surface area contributed by atoms with Gasteiger partial charge < -0.3 is 9.80 Å². The first-order valence-corrected chi connectivity index (χ1v) is 9.05. The number of fused-ring (bicyclic) bond motifs is 1. The van der Waals surface area contributed by atoms with Crippen LogP contribution in [0.5, 0.6) is 0 Å². The first-order valence-electron chi connectivity index (χ1n) is 9.05. The maximum Gasteiger partial charge on any atom is 0.417 e. The molecule has 29 heavy (non-hydrogen) atoms. The van der Waals surface area contributed by atoms with Crippen molar-refractivity contribution in [2.75, 3.05) is 31.1 Å². The number of hydrogen-bond donors (Lipinski definition) is 0. The average Bonchev–Trinajstić information content (AvgIpc) is 3.17. The Morgan fingerprint density at radius 3 is 2.55 bits per heavy atom. The minimum Gasteiger partial charge on any atom is -0.351 e. The molecular formula is C20H18F3N5O. The van der Waals surface area contributed by atoms with E-state index in [-0.39, 0.29) is 11.5 Å². The molecule has 3 heterocycles. The van der Waals surface area contributed by atoms with E-state index in [4.69, 9.17) is 0 Å². The lowest BCUT2D eigenvalue weighted by Gasteiger charge is -2.35. The molecule has 6 nitrogen and oxygen atoms in total. The smallest absolute Gasteiger partial charge is 0.351 e. The molecule has 0 N–H and O–H groups in total. The monoisotopic (exact) mass is 401 g/mol. The molecule has 1 fully saturated rings. The summed E-state index contributed by atoms with van der Waals surface area (Å²) in [5.41, 5.74) is 0.433. The molecule has 0 radical (unpaired) electrons. The van der Waals surface area contributed by atoms with Crippen LogP contribution in [0.1, 0.15) is 5.56 Å². The van der Waals surface area contributed by atoms with Crippen LogP contribution >= 0.6 is 0 Å². The topological polar surface area (TPSA) is 53.7 Å². The highest BCUT2D eigenvalue weighted by molar-refractivity contribution is 5.87. The number of piperazine rings is 1. The highest BCUT2D eigenvalue weighted by Crippen LogP contribution is 2.38. The predicted molar refractivity (Wildman–Crippen MR) is 102 cm³/mol. The highest BCUT2D eigenvalue weighted by atomic mass is 19.4. The van der Waals surface area contributed by atoms with Gasteiger partial charge in [0.25, 0.3) is 0 Å². The average molecular weight is 401 g/mol. The minimum atomic E-state index is -4.45. The van der Waals surface area contributed by atoms with Gasteiger partial charge in [0.1, 0.15) is 11.8 Å². The third-order valence-corrected chi connectivity index (χ3v) is 4.99. The van der Waals surface area contributed by atoms with Gasteiger partial charge in [0.2, 0.25) is 5.91 Å². The molecule has 4 rings (SSSR count). The van der Waals surface area contributed by atoms with Crippen LogP contribution in [0, 0.1) is 0 Å². The van der Waals surface area contributed by atoms with Crippen LogP contribution in [0.4, 0.5) is 19.0 Å². The number of alkyl halides is 3. The molecular weight excluding hydrogens is 383 g/mol. The van der Waals surface area contributed by atoms with Crippen molar-refractivity contribution < 1.29 is 18.0 Å². The van der Waals surface area contributed by atoms with Gasteiger partial charge >= 0.3 is 6.18 Å². The van der Waals surface area contributed by atoms with Crippen molar-refractivity contribution in [3.8, 4) is 11.1 Å². The quantitative estimate of drug-likeness (QED) is 0.633. The zero-order chi connectivity index (χ0) is 20.6. The van der Waals surface area contributed by atoms with Crippen LogP contribution in [-0.2, 0) is 11.0 Å². The number of aromatic nitrogens is 3. The number of benzene rings is 1. The molecule has 1 aliphatic heterocycles. The second-order valence-electron chi connectivity index (χ2n) is 6.70. The van der Waals surface area contributed by atoms with E-state index in [2.05, 4.69) is 16.7 Å². The summed E-state index contributed by atoms with van der Waals surface area (Å²) in [4.78, 5) is 19.8. The summed E-state index contributed by atoms with van der Waals surface area (Å²) in [5.74, 6) is 0.507. The normalized spacial score (nSPS) is 15.0. The molecule has 0 atom stereocenters. The van der Waals surface area contributed by atoms with Crippen molar-refractivity contribution in [2.24, 2.45) is 0 Å². The van der Waals surface area contributed by atoms with Gasteiger partial charge in [0.15, 0.2) is 5.82 Å². The summed E-state index contributed by atoms with van der Waals surface area (Å²) >= 11 is 0. The Balaban J connectivity index is 1.69. The number of halogens is 3. The second kappa shape index (κ2) is 7.23. The van der Waals surface area contributed by atoms with E-state index in [1.54, 1.807) is 23.2 Å². The van der Waals surface area contributed by atoms with E-state index in [9.17, 15) is 18.0 Å². The zero-order valence-electron chi connectivity index (χ0n) is 15.4. The summed E-state index contributed by atoms with van der Waals surface area (Å²) < 4.78 is 41.8. The Bertz CT molecular complexity index is 1070. The number of hydrogen-bond acceptors (Lipinski definition) is 4. The van der Waals surface area contributed by atoms with E-state index >= 15 is 0 Å². The lowest BCUT2D eigenvalue weighted by molar-refractivity contribution is -0.137. The van der Waals surface area contributed by atoms with Gasteiger partial charge in [0, 0.05) is 37.9 Å². The van der Waals surface area contributed by atoms with Crippen LogP contribution in [0.3, 0.4) is 0 Å². The lowest BCUT2D eigenvalue weighted by Crippen LogP contribution is -2.48. The van der Waals surface area contributed by atoms with Crippen molar-refractivity contribution >= 4 is 17.2 Å². The van der Waals surface area contributed by atoms with Gasteiger partial charge in [-0.25, -0.2) is 9.50 Å². The molecule has 0 bridgehead atoms. The summed E-state index contributed by atoms with van der Waals surface area (Å²) in [6.45, 7) is 5.66. The molecule has 3 aromatic rings. The third-order valence-electron chi connectivity index (χ3n) is 4.99. The second-order valence-corrected chi connectivity index (χ2v) is 6.70. The maximum atomic E-state index is 13.4. The Morgan fingerprint density at radius 2 is 1.86 bits per heavy atom. The Morgan fingerprint density at radius 1 is 1.14 bits per heavy atom. The number of carbonyl (C=O) groups excluding carboxylic acids is 1. The number of amides is 1. The first kappa shape index (κ1) is 19.0. The number of nitrogens with zero attached hydrogens (tertiary/aromatic N) is 5. The van der Waals surface area contributed by atoms with Gasteiger partial charge in [-0.1, -0.05) is 24.8 Å². The fourth-order valence-corrected chi connectivity index (χ4v) is 3.56. The number of anilines is 1. The molecule has 1 aromatic carbocycles. The standard InChI is InChI=1S/C20H18F3N5O/c1-2-18(29)26-7-9-27(10-8-26)19-17-11-14(12-28(17)25-13-24-19)15-5-3-4-6-16(15)20(21,22)23/h2-6,11-13H,1,7-10H2. The van der Waals surface area contributed by atoms with Crippen LogP contribution in [0.25, 0.3) is 16.6 Å². The molecule has 2 aromatic heterocycles. The Kier molecular flexibility index (Phi) is 4.73. The van der Waals surface area contributed by atoms with Crippen molar-refractivity contribution in [3.05, 3.63) is 61.1 Å². The summed E-state index contributed by atoms with van der Waals surface area (Å²) in [6, 6.07) is 7.14. The van der Waals surface area contributed by atoms with Gasteiger partial charge in [-0.3, -0.25) is 4.79 Å². The van der Waals surface area contributed by atoms with Gasteiger partial charge in [0.05, 0.1) is 5.56 Å². The van der Waals surface area contributed by atoms with Crippen LogP contribution in [0.15, 0.2) is 55.5 Å². The van der Waals surface area contributed by atoms with E-state index in [0.29, 0.717) is 43.1 Å². The van der Waals surface area contributed by atoms with Crippen molar-refractivity contribution in [2.45, 2.75) is 6.18 Å². The van der Waals surface area contributed by atoms with Crippen molar-refractivity contribution in [1.29, 1.82) is 0 Å². The number of rotatable bonds is 3. The fourth-order valence-electron chi connectivity index (χ4n) is 3.56. The molecule has 0 aliphatic carbocycles. The summed E-state index contributed by atoms with van der Waals surface area (Å²) in [6.07, 6.45) is -0.213. The largest absolute Gasteiger partial charge is 0.417 e.